The SMILES string of the molecule is C=C(C)C.CC(N)=O.CCc1ccncc1. The first kappa shape index (κ1) is 16.8. The highest BCUT2D eigenvalue weighted by atomic mass is 16.1. The van der Waals surface area contributed by atoms with Crippen LogP contribution in [0, 0.1) is 0 Å². The lowest BCUT2D eigenvalue weighted by molar-refractivity contribution is -0.115. The maximum atomic E-state index is 9.22. The molecule has 0 aliphatic carbocycles. The number of primary amides is 1. The average Bonchev–Trinajstić information content (AvgIpc) is 2.17. The summed E-state index contributed by atoms with van der Waals surface area (Å²) in [6.07, 6.45) is 4.74. The van der Waals surface area contributed by atoms with Crippen LogP contribution in [0.15, 0.2) is 36.7 Å². The molecule has 0 spiro atoms. The Labute approximate surface area is 98.4 Å². The van der Waals surface area contributed by atoms with Gasteiger partial charge in [-0.2, -0.15) is 0 Å². The summed E-state index contributed by atoms with van der Waals surface area (Å²) in [6.45, 7) is 10.9. The number of hydrogen-bond donors (Lipinski definition) is 1. The number of nitrogens with two attached hydrogens (primary N) is 1. The Bertz CT molecular complexity index is 274. The molecule has 2 N–H and O–H groups in total. The molecule has 0 bridgehead atoms. The number of rotatable bonds is 1. The van der Waals surface area contributed by atoms with Gasteiger partial charge in [0.25, 0.3) is 0 Å². The van der Waals surface area contributed by atoms with Crippen molar-refractivity contribution >= 4 is 5.91 Å². The van der Waals surface area contributed by atoms with Gasteiger partial charge < -0.3 is 5.73 Å². The first-order chi connectivity index (χ1) is 7.40. The molecule has 0 unspecified atom stereocenters. The predicted octanol–water partition coefficient (Wildman–Crippen LogP) is 2.72. The van der Waals surface area contributed by atoms with E-state index < -0.39 is 0 Å². The van der Waals surface area contributed by atoms with Crippen LogP contribution in [-0.2, 0) is 11.2 Å². The van der Waals surface area contributed by atoms with Crippen molar-refractivity contribution in [3.8, 4) is 0 Å². The van der Waals surface area contributed by atoms with Crippen LogP contribution in [0.3, 0.4) is 0 Å². The number of pyridine rings is 1. The molecule has 90 valence electrons. The quantitative estimate of drug-likeness (QED) is 0.743. The van der Waals surface area contributed by atoms with Gasteiger partial charge in [-0.05, 0) is 38.0 Å². The van der Waals surface area contributed by atoms with Gasteiger partial charge in [0, 0.05) is 19.3 Å². The van der Waals surface area contributed by atoms with Gasteiger partial charge in [-0.15, -0.1) is 6.58 Å². The monoisotopic (exact) mass is 222 g/mol. The minimum absolute atomic E-state index is 0.333. The molecule has 0 fully saturated rings. The van der Waals surface area contributed by atoms with Crippen molar-refractivity contribution in [1.82, 2.24) is 4.98 Å². The number of carbonyl (C=O) groups excluding carboxylic acids is 1. The summed E-state index contributed by atoms with van der Waals surface area (Å²) in [7, 11) is 0. The van der Waals surface area contributed by atoms with Crippen molar-refractivity contribution in [2.24, 2.45) is 5.73 Å². The Hall–Kier alpha value is -1.64. The molecule has 0 aliphatic rings. The number of aromatic nitrogens is 1. The zero-order valence-corrected chi connectivity index (χ0v) is 10.7. The molecular weight excluding hydrogens is 200 g/mol. The number of nitrogens with zero attached hydrogens (tertiary/aromatic N) is 1. The zero-order valence-electron chi connectivity index (χ0n) is 10.7. The van der Waals surface area contributed by atoms with E-state index in [-0.39, 0.29) is 5.91 Å². The van der Waals surface area contributed by atoms with E-state index in [9.17, 15) is 4.79 Å². The van der Waals surface area contributed by atoms with Crippen molar-refractivity contribution in [2.75, 3.05) is 0 Å². The molecule has 1 aromatic heterocycles. The fraction of sp³-hybridized carbons (Fsp3) is 0.385. The molecule has 1 heterocycles. The first-order valence-corrected chi connectivity index (χ1v) is 5.17. The van der Waals surface area contributed by atoms with Crippen LogP contribution in [0.5, 0.6) is 0 Å². The van der Waals surface area contributed by atoms with Crippen LogP contribution >= 0.6 is 0 Å². The van der Waals surface area contributed by atoms with Crippen molar-refractivity contribution in [1.29, 1.82) is 0 Å². The largest absolute Gasteiger partial charge is 0.370 e. The molecule has 3 nitrogen and oxygen atoms in total. The molecule has 0 saturated carbocycles. The second kappa shape index (κ2) is 11.4. The van der Waals surface area contributed by atoms with Crippen LogP contribution in [0.4, 0.5) is 0 Å². The van der Waals surface area contributed by atoms with E-state index in [0.29, 0.717) is 0 Å². The number of allylic oxidation sites excluding steroid dienone is 1. The smallest absolute Gasteiger partial charge is 0.214 e. The molecule has 1 amide bonds. The summed E-state index contributed by atoms with van der Waals surface area (Å²) in [5.41, 5.74) is 6.99. The van der Waals surface area contributed by atoms with Gasteiger partial charge >= 0.3 is 0 Å². The lowest BCUT2D eigenvalue weighted by Crippen LogP contribution is -2.01. The summed E-state index contributed by atoms with van der Waals surface area (Å²) < 4.78 is 0. The molecule has 0 saturated heterocycles. The van der Waals surface area contributed by atoms with E-state index in [1.54, 1.807) is 0 Å². The normalized spacial score (nSPS) is 7.75. The highest BCUT2D eigenvalue weighted by molar-refractivity contribution is 5.70. The second-order valence-electron chi connectivity index (χ2n) is 3.53. The van der Waals surface area contributed by atoms with Crippen LogP contribution in [0.25, 0.3) is 0 Å². The second-order valence-corrected chi connectivity index (χ2v) is 3.53. The minimum atomic E-state index is -0.333. The first-order valence-electron chi connectivity index (χ1n) is 5.17. The molecular formula is C13H22N2O. The van der Waals surface area contributed by atoms with Crippen LogP contribution in [0.1, 0.15) is 33.3 Å². The summed E-state index contributed by atoms with van der Waals surface area (Å²) >= 11 is 0. The van der Waals surface area contributed by atoms with E-state index in [4.69, 9.17) is 0 Å². The standard InChI is InChI=1S/C7H9N.C4H8.C2H5NO/c1-2-7-3-5-8-6-4-7;1-4(2)3;1-2(3)4/h3-6H,2H2,1H3;1H2,2-3H3;1H3,(H2,3,4). The molecule has 0 aliphatic heterocycles. The van der Waals surface area contributed by atoms with Gasteiger partial charge in [0.2, 0.25) is 5.91 Å². The van der Waals surface area contributed by atoms with Gasteiger partial charge in [-0.1, -0.05) is 12.5 Å². The van der Waals surface area contributed by atoms with Crippen molar-refractivity contribution in [3.63, 3.8) is 0 Å². The topological polar surface area (TPSA) is 56.0 Å². The lowest BCUT2D eigenvalue weighted by atomic mass is 10.2. The molecule has 1 rings (SSSR count). The molecule has 0 radical (unpaired) electrons. The molecule has 3 heteroatoms. The Balaban J connectivity index is 0. The Morgan fingerprint density at radius 3 is 1.81 bits per heavy atom. The Kier molecular flexibility index (Phi) is 12.0. The number of amides is 1. The van der Waals surface area contributed by atoms with E-state index in [2.05, 4.69) is 24.2 Å². The summed E-state index contributed by atoms with van der Waals surface area (Å²) in [5.74, 6) is -0.333. The fourth-order valence-electron chi connectivity index (χ4n) is 0.618. The summed E-state index contributed by atoms with van der Waals surface area (Å²) in [6, 6.07) is 4.06. The van der Waals surface area contributed by atoms with Crippen molar-refractivity contribution in [3.05, 3.63) is 42.2 Å². The maximum absolute atomic E-state index is 9.22. The van der Waals surface area contributed by atoms with Gasteiger partial charge in [0.15, 0.2) is 0 Å². The predicted molar refractivity (Wildman–Crippen MR) is 69.0 cm³/mol. The number of aryl methyl sites for hydroxylation is 1. The maximum Gasteiger partial charge on any atom is 0.214 e. The third-order valence-corrected chi connectivity index (χ3v) is 1.16. The van der Waals surface area contributed by atoms with Gasteiger partial charge in [-0.3, -0.25) is 9.78 Å². The number of hydrogen-bond acceptors (Lipinski definition) is 2. The molecule has 0 aromatic carbocycles. The third-order valence-electron chi connectivity index (χ3n) is 1.16. The van der Waals surface area contributed by atoms with E-state index >= 15 is 0 Å². The lowest BCUT2D eigenvalue weighted by Gasteiger charge is -1.89. The zero-order chi connectivity index (χ0) is 13.0. The summed E-state index contributed by atoms with van der Waals surface area (Å²) in [4.78, 5) is 13.1. The molecule has 0 atom stereocenters. The Morgan fingerprint density at radius 2 is 1.62 bits per heavy atom. The highest BCUT2D eigenvalue weighted by Gasteiger charge is 1.80. The van der Waals surface area contributed by atoms with Gasteiger partial charge in [-0.25, -0.2) is 0 Å². The van der Waals surface area contributed by atoms with Gasteiger partial charge in [0.05, 0.1) is 0 Å². The number of carbonyl (C=O) groups is 1. The van der Waals surface area contributed by atoms with Crippen molar-refractivity contribution < 1.29 is 4.79 Å². The molecule has 16 heavy (non-hydrogen) atoms. The average molecular weight is 222 g/mol. The van der Waals surface area contributed by atoms with Crippen molar-refractivity contribution in [2.45, 2.75) is 34.1 Å². The van der Waals surface area contributed by atoms with E-state index in [1.807, 2.05) is 38.4 Å². The molecule has 1 aromatic rings. The van der Waals surface area contributed by atoms with Crippen LogP contribution < -0.4 is 5.73 Å². The van der Waals surface area contributed by atoms with Crippen LogP contribution in [0.2, 0.25) is 0 Å². The fourth-order valence-corrected chi connectivity index (χ4v) is 0.618. The minimum Gasteiger partial charge on any atom is -0.370 e. The van der Waals surface area contributed by atoms with Gasteiger partial charge in [0.1, 0.15) is 0 Å². The van der Waals surface area contributed by atoms with Crippen LogP contribution in [-0.4, -0.2) is 10.9 Å². The third kappa shape index (κ3) is 22.8. The van der Waals surface area contributed by atoms with E-state index in [1.165, 1.54) is 18.1 Å². The Morgan fingerprint density at radius 1 is 1.31 bits per heavy atom. The highest BCUT2D eigenvalue weighted by Crippen LogP contribution is 1.94. The van der Waals surface area contributed by atoms with E-state index in [0.717, 1.165) is 6.42 Å². The summed E-state index contributed by atoms with van der Waals surface area (Å²) in [5, 5.41) is 0.